The van der Waals surface area contributed by atoms with Crippen LogP contribution in [0.1, 0.15) is 59.3 Å². The van der Waals surface area contributed by atoms with Gasteiger partial charge in [0.1, 0.15) is 0 Å². The average molecular weight is 262 g/mol. The van der Waals surface area contributed by atoms with Crippen molar-refractivity contribution in [1.82, 2.24) is 0 Å². The van der Waals surface area contributed by atoms with Crippen molar-refractivity contribution >= 4 is 5.78 Å². The van der Waals surface area contributed by atoms with Crippen molar-refractivity contribution in [3.05, 3.63) is 11.6 Å². The third-order valence-corrected chi connectivity index (χ3v) is 6.50. The van der Waals surface area contributed by atoms with Crippen LogP contribution in [0.3, 0.4) is 0 Å². The zero-order valence-corrected chi connectivity index (χ0v) is 12.4. The normalized spacial score (nSPS) is 45.2. The molecule has 0 aliphatic heterocycles. The molecule has 3 aliphatic carbocycles. The maximum Gasteiger partial charge on any atom is 0.155 e. The number of fused-ring (bicyclic) bond motifs is 3. The fourth-order valence-electron chi connectivity index (χ4n) is 5.36. The molecule has 2 heteroatoms. The summed E-state index contributed by atoms with van der Waals surface area (Å²) < 4.78 is 0. The molecule has 0 unspecified atom stereocenters. The number of ketones is 1. The number of aliphatic hydroxyl groups excluding tert-OH is 1. The number of rotatable bonds is 0. The van der Waals surface area contributed by atoms with Crippen molar-refractivity contribution in [1.29, 1.82) is 0 Å². The van der Waals surface area contributed by atoms with Crippen molar-refractivity contribution < 1.29 is 9.90 Å². The second-order valence-corrected chi connectivity index (χ2v) is 7.75. The highest BCUT2D eigenvalue weighted by Crippen LogP contribution is 2.62. The van der Waals surface area contributed by atoms with E-state index in [1.807, 2.05) is 6.08 Å². The number of hydrogen-bond acceptors (Lipinski definition) is 2. The Kier molecular flexibility index (Phi) is 2.94. The summed E-state index contributed by atoms with van der Waals surface area (Å²) >= 11 is 0. The topological polar surface area (TPSA) is 37.3 Å². The highest BCUT2D eigenvalue weighted by atomic mass is 16.3. The van der Waals surface area contributed by atoms with Gasteiger partial charge in [-0.05, 0) is 60.8 Å². The summed E-state index contributed by atoms with van der Waals surface area (Å²) in [5.74, 6) is 1.48. The summed E-state index contributed by atoms with van der Waals surface area (Å²) in [6.45, 7) is 6.89. The molecule has 0 saturated heterocycles. The van der Waals surface area contributed by atoms with Crippen LogP contribution in [0.2, 0.25) is 0 Å². The molecule has 0 heterocycles. The first-order valence-corrected chi connectivity index (χ1v) is 7.77. The summed E-state index contributed by atoms with van der Waals surface area (Å²) in [6.07, 6.45) is 7.75. The summed E-state index contributed by atoms with van der Waals surface area (Å²) in [6, 6.07) is 0. The maximum absolute atomic E-state index is 11.6. The van der Waals surface area contributed by atoms with E-state index in [0.717, 1.165) is 38.5 Å². The smallest absolute Gasteiger partial charge is 0.155 e. The summed E-state index contributed by atoms with van der Waals surface area (Å²) in [5.41, 5.74) is 1.70. The lowest BCUT2D eigenvalue weighted by Gasteiger charge is -2.60. The van der Waals surface area contributed by atoms with E-state index in [1.165, 1.54) is 5.57 Å². The Morgan fingerprint density at radius 1 is 1.16 bits per heavy atom. The Morgan fingerprint density at radius 3 is 2.63 bits per heavy atom. The molecule has 0 spiro atoms. The molecule has 0 aromatic carbocycles. The molecule has 2 nitrogen and oxygen atoms in total. The SMILES string of the molecule is CC1(C)[C@H](O)CC[C@]2(C)[C@H]3CCC(=O)C=C3CC[C@@H]12. The van der Waals surface area contributed by atoms with Gasteiger partial charge in [0.25, 0.3) is 0 Å². The van der Waals surface area contributed by atoms with E-state index in [1.54, 1.807) is 0 Å². The largest absolute Gasteiger partial charge is 0.393 e. The van der Waals surface area contributed by atoms with Gasteiger partial charge >= 0.3 is 0 Å². The fraction of sp³-hybridized carbons (Fsp3) is 0.824. The van der Waals surface area contributed by atoms with Crippen LogP contribution >= 0.6 is 0 Å². The first-order chi connectivity index (χ1) is 8.85. The van der Waals surface area contributed by atoms with Crippen molar-refractivity contribution in [2.75, 3.05) is 0 Å². The molecule has 106 valence electrons. The molecule has 2 fully saturated rings. The van der Waals surface area contributed by atoms with Crippen LogP contribution in [0.4, 0.5) is 0 Å². The van der Waals surface area contributed by atoms with E-state index in [2.05, 4.69) is 20.8 Å². The van der Waals surface area contributed by atoms with Gasteiger partial charge < -0.3 is 5.11 Å². The molecule has 0 radical (unpaired) electrons. The second kappa shape index (κ2) is 4.18. The summed E-state index contributed by atoms with van der Waals surface area (Å²) in [5, 5.41) is 10.4. The molecule has 4 atom stereocenters. The minimum Gasteiger partial charge on any atom is -0.393 e. The number of allylic oxidation sites excluding steroid dienone is 2. The van der Waals surface area contributed by atoms with Crippen LogP contribution in [0.15, 0.2) is 11.6 Å². The van der Waals surface area contributed by atoms with Crippen LogP contribution in [0.5, 0.6) is 0 Å². The van der Waals surface area contributed by atoms with Gasteiger partial charge in [-0.1, -0.05) is 26.3 Å². The number of carbonyl (C=O) groups is 1. The highest BCUT2D eigenvalue weighted by molar-refractivity contribution is 5.91. The van der Waals surface area contributed by atoms with E-state index in [9.17, 15) is 9.90 Å². The average Bonchev–Trinajstić information content (AvgIpc) is 2.34. The summed E-state index contributed by atoms with van der Waals surface area (Å²) in [4.78, 5) is 11.6. The van der Waals surface area contributed by atoms with Crippen molar-refractivity contribution in [2.45, 2.75) is 65.4 Å². The highest BCUT2D eigenvalue weighted by Gasteiger charge is 2.56. The Hall–Kier alpha value is -0.630. The minimum absolute atomic E-state index is 0.0139. The monoisotopic (exact) mass is 262 g/mol. The zero-order chi connectivity index (χ0) is 13.8. The molecular weight excluding hydrogens is 236 g/mol. The van der Waals surface area contributed by atoms with Gasteiger partial charge in [0.15, 0.2) is 5.78 Å². The van der Waals surface area contributed by atoms with Crippen LogP contribution in [-0.2, 0) is 4.79 Å². The molecule has 3 rings (SSSR count). The third kappa shape index (κ3) is 1.83. The van der Waals surface area contributed by atoms with E-state index < -0.39 is 0 Å². The van der Waals surface area contributed by atoms with E-state index in [0.29, 0.717) is 17.6 Å². The first kappa shape index (κ1) is 13.4. The molecular formula is C17H26O2. The van der Waals surface area contributed by atoms with Crippen molar-refractivity contribution in [3.63, 3.8) is 0 Å². The van der Waals surface area contributed by atoms with Gasteiger partial charge in [0.05, 0.1) is 6.10 Å². The molecule has 19 heavy (non-hydrogen) atoms. The minimum atomic E-state index is -0.165. The number of carbonyl (C=O) groups excluding carboxylic acids is 1. The number of hydrogen-bond donors (Lipinski definition) is 1. The Morgan fingerprint density at radius 2 is 1.89 bits per heavy atom. The van der Waals surface area contributed by atoms with Crippen LogP contribution < -0.4 is 0 Å². The lowest BCUT2D eigenvalue weighted by molar-refractivity contribution is -0.130. The first-order valence-electron chi connectivity index (χ1n) is 7.77. The standard InChI is InChI=1S/C17H26O2/c1-16(2)14-7-4-11-10-12(18)5-6-13(11)17(14,3)9-8-15(16)19/h10,13-15,19H,4-9H2,1-3H3/t13-,14-,15+,17+/m0/s1. The maximum atomic E-state index is 11.6. The van der Waals surface area contributed by atoms with E-state index in [4.69, 9.17) is 0 Å². The molecule has 1 N–H and O–H groups in total. The quantitative estimate of drug-likeness (QED) is 0.725. The van der Waals surface area contributed by atoms with E-state index in [-0.39, 0.29) is 16.9 Å². The van der Waals surface area contributed by atoms with Crippen molar-refractivity contribution in [2.24, 2.45) is 22.7 Å². The lowest BCUT2D eigenvalue weighted by atomic mass is 9.45. The van der Waals surface area contributed by atoms with E-state index >= 15 is 0 Å². The molecule has 0 bridgehead atoms. The second-order valence-electron chi connectivity index (χ2n) is 7.75. The zero-order valence-electron chi connectivity index (χ0n) is 12.4. The molecule has 3 aliphatic rings. The molecule has 0 aromatic rings. The molecule has 0 aromatic heterocycles. The van der Waals surface area contributed by atoms with Crippen LogP contribution in [0.25, 0.3) is 0 Å². The van der Waals surface area contributed by atoms with Gasteiger partial charge in [0, 0.05) is 6.42 Å². The predicted octanol–water partition coefficient (Wildman–Crippen LogP) is 3.49. The Bertz CT molecular complexity index is 435. The predicted molar refractivity (Wildman–Crippen MR) is 75.7 cm³/mol. The fourth-order valence-corrected chi connectivity index (χ4v) is 5.36. The van der Waals surface area contributed by atoms with Gasteiger partial charge in [-0.3, -0.25) is 4.79 Å². The van der Waals surface area contributed by atoms with Gasteiger partial charge in [0.2, 0.25) is 0 Å². The molecule has 0 amide bonds. The van der Waals surface area contributed by atoms with Gasteiger partial charge in [-0.15, -0.1) is 0 Å². The lowest BCUT2D eigenvalue weighted by Crippen LogP contribution is -2.55. The van der Waals surface area contributed by atoms with Gasteiger partial charge in [-0.25, -0.2) is 0 Å². The molecule has 2 saturated carbocycles. The van der Waals surface area contributed by atoms with Gasteiger partial charge in [-0.2, -0.15) is 0 Å². The Balaban J connectivity index is 1.98. The summed E-state index contributed by atoms with van der Waals surface area (Å²) in [7, 11) is 0. The third-order valence-electron chi connectivity index (χ3n) is 6.50. The Labute approximate surface area is 116 Å². The van der Waals surface area contributed by atoms with Crippen LogP contribution in [-0.4, -0.2) is 17.0 Å². The van der Waals surface area contributed by atoms with Crippen molar-refractivity contribution in [3.8, 4) is 0 Å². The van der Waals surface area contributed by atoms with Crippen LogP contribution in [0, 0.1) is 22.7 Å². The number of aliphatic hydroxyl groups is 1.